The van der Waals surface area contributed by atoms with Crippen molar-refractivity contribution in [3.63, 3.8) is 0 Å². The third kappa shape index (κ3) is 4.50. The Balaban J connectivity index is 1.32. The van der Waals surface area contributed by atoms with Gasteiger partial charge in [-0.05, 0) is 44.0 Å². The highest BCUT2D eigenvalue weighted by Gasteiger charge is 2.19. The largest absolute Gasteiger partial charge is 0.481 e. The van der Waals surface area contributed by atoms with Crippen molar-refractivity contribution in [1.82, 2.24) is 14.9 Å². The number of hydrogen-bond donors (Lipinski definition) is 0. The molecule has 1 saturated heterocycles. The average molecular weight is 368 g/mol. The Labute approximate surface area is 161 Å². The van der Waals surface area contributed by atoms with E-state index in [0.29, 0.717) is 5.88 Å². The molecule has 0 unspecified atom stereocenters. The zero-order valence-electron chi connectivity index (χ0n) is 16.1. The Morgan fingerprint density at radius 3 is 2.74 bits per heavy atom. The molecule has 2 aliphatic heterocycles. The normalized spacial score (nSPS) is 17.0. The lowest BCUT2D eigenvalue weighted by Gasteiger charge is -2.29. The van der Waals surface area contributed by atoms with Crippen LogP contribution in [0.25, 0.3) is 0 Å². The number of methoxy groups -OCH3 is 1. The maximum atomic E-state index is 5.89. The van der Waals surface area contributed by atoms with Gasteiger partial charge in [0.25, 0.3) is 0 Å². The summed E-state index contributed by atoms with van der Waals surface area (Å²) in [7, 11) is 1.65. The van der Waals surface area contributed by atoms with Crippen molar-refractivity contribution in [2.75, 3.05) is 44.8 Å². The van der Waals surface area contributed by atoms with Crippen molar-refractivity contribution >= 4 is 5.82 Å². The van der Waals surface area contributed by atoms with Crippen molar-refractivity contribution in [1.29, 1.82) is 0 Å². The maximum absolute atomic E-state index is 5.89. The molecule has 0 saturated carbocycles. The summed E-state index contributed by atoms with van der Waals surface area (Å²) >= 11 is 0. The molecule has 2 aliphatic rings. The van der Waals surface area contributed by atoms with E-state index in [9.17, 15) is 0 Å². The lowest BCUT2D eigenvalue weighted by atomic mass is 10.1. The number of ether oxygens (including phenoxy) is 2. The molecular weight excluding hydrogens is 340 g/mol. The first kappa shape index (κ1) is 18.0. The van der Waals surface area contributed by atoms with Gasteiger partial charge in [0.1, 0.15) is 5.82 Å². The van der Waals surface area contributed by atoms with Gasteiger partial charge in [0.05, 0.1) is 19.4 Å². The van der Waals surface area contributed by atoms with Crippen LogP contribution in [0.4, 0.5) is 5.82 Å². The van der Waals surface area contributed by atoms with Gasteiger partial charge in [0, 0.05) is 38.2 Å². The summed E-state index contributed by atoms with van der Waals surface area (Å²) in [6, 6.07) is 10.0. The van der Waals surface area contributed by atoms with Gasteiger partial charge in [-0.1, -0.05) is 12.1 Å². The fourth-order valence-electron chi connectivity index (χ4n) is 3.84. The van der Waals surface area contributed by atoms with E-state index in [1.54, 1.807) is 7.11 Å². The molecule has 27 heavy (non-hydrogen) atoms. The van der Waals surface area contributed by atoms with Crippen molar-refractivity contribution in [2.45, 2.75) is 32.2 Å². The molecule has 0 amide bonds. The summed E-state index contributed by atoms with van der Waals surface area (Å²) in [6.07, 6.45) is 4.65. The molecule has 0 spiro atoms. The second kappa shape index (κ2) is 8.57. The van der Waals surface area contributed by atoms with Gasteiger partial charge in [0.15, 0.2) is 0 Å². The number of aromatic nitrogens is 2. The second-order valence-corrected chi connectivity index (χ2v) is 7.22. The van der Waals surface area contributed by atoms with Crippen LogP contribution >= 0.6 is 0 Å². The van der Waals surface area contributed by atoms with E-state index in [2.05, 4.69) is 20.9 Å². The molecular formula is C21H28N4O2. The summed E-state index contributed by atoms with van der Waals surface area (Å²) in [5, 5.41) is 0. The van der Waals surface area contributed by atoms with E-state index in [0.717, 1.165) is 56.5 Å². The molecule has 4 heterocycles. The number of fused-ring (bicyclic) bond motifs is 1. The van der Waals surface area contributed by atoms with Gasteiger partial charge in [0.2, 0.25) is 11.8 Å². The predicted octanol–water partition coefficient (Wildman–Crippen LogP) is 2.91. The minimum atomic E-state index is 0.647. The van der Waals surface area contributed by atoms with Crippen LogP contribution < -0.4 is 14.4 Å². The van der Waals surface area contributed by atoms with Gasteiger partial charge in [-0.15, -0.1) is 0 Å². The number of nitrogens with zero attached hydrogens (tertiary/aromatic N) is 4. The van der Waals surface area contributed by atoms with E-state index < -0.39 is 0 Å². The quantitative estimate of drug-likeness (QED) is 0.701. The average Bonchev–Trinajstić information content (AvgIpc) is 3.24. The van der Waals surface area contributed by atoms with Crippen molar-refractivity contribution in [3.05, 3.63) is 41.6 Å². The molecule has 2 aromatic heterocycles. The number of rotatable bonds is 7. The summed E-state index contributed by atoms with van der Waals surface area (Å²) < 4.78 is 11.1. The number of hydrogen-bond acceptors (Lipinski definition) is 6. The first-order valence-corrected chi connectivity index (χ1v) is 9.92. The molecule has 6 heteroatoms. The number of pyridine rings is 2. The van der Waals surface area contributed by atoms with Crippen LogP contribution in [0.5, 0.6) is 11.8 Å². The smallest absolute Gasteiger partial charge is 0.214 e. The molecule has 0 aromatic carbocycles. The second-order valence-electron chi connectivity index (χ2n) is 7.22. The Bertz CT molecular complexity index is 762. The number of likely N-dealkylation sites (tertiary alicyclic amines) is 1. The third-order valence-corrected chi connectivity index (χ3v) is 5.33. The zero-order valence-corrected chi connectivity index (χ0v) is 16.1. The van der Waals surface area contributed by atoms with Crippen molar-refractivity contribution in [2.24, 2.45) is 0 Å². The van der Waals surface area contributed by atoms with Gasteiger partial charge in [-0.3, -0.25) is 0 Å². The van der Waals surface area contributed by atoms with Gasteiger partial charge >= 0.3 is 0 Å². The van der Waals surface area contributed by atoms with Crippen LogP contribution in [0.2, 0.25) is 0 Å². The van der Waals surface area contributed by atoms with Gasteiger partial charge in [-0.2, -0.15) is 4.98 Å². The Kier molecular flexibility index (Phi) is 5.72. The van der Waals surface area contributed by atoms with E-state index in [1.807, 2.05) is 24.3 Å². The highest BCUT2D eigenvalue weighted by Crippen LogP contribution is 2.25. The van der Waals surface area contributed by atoms with E-state index >= 15 is 0 Å². The lowest BCUT2D eigenvalue weighted by molar-refractivity contribution is 0.256. The first-order valence-electron chi connectivity index (χ1n) is 9.92. The highest BCUT2D eigenvalue weighted by atomic mass is 16.5. The molecule has 0 N–H and O–H groups in total. The monoisotopic (exact) mass is 368 g/mol. The fourth-order valence-corrected chi connectivity index (χ4v) is 3.84. The van der Waals surface area contributed by atoms with Crippen LogP contribution in [0.3, 0.4) is 0 Å². The first-order chi connectivity index (χ1) is 13.3. The highest BCUT2D eigenvalue weighted by molar-refractivity contribution is 5.44. The van der Waals surface area contributed by atoms with E-state index in [4.69, 9.17) is 14.5 Å². The summed E-state index contributed by atoms with van der Waals surface area (Å²) in [5.41, 5.74) is 2.39. The molecule has 0 aliphatic carbocycles. The molecule has 2 aromatic rings. The summed E-state index contributed by atoms with van der Waals surface area (Å²) in [5.74, 6) is 2.35. The summed E-state index contributed by atoms with van der Waals surface area (Å²) in [4.78, 5) is 14.1. The molecule has 1 fully saturated rings. The Morgan fingerprint density at radius 2 is 1.89 bits per heavy atom. The van der Waals surface area contributed by atoms with E-state index in [-0.39, 0.29) is 0 Å². The fraction of sp³-hybridized carbons (Fsp3) is 0.524. The van der Waals surface area contributed by atoms with Gasteiger partial charge in [-0.25, -0.2) is 4.98 Å². The van der Waals surface area contributed by atoms with Crippen LogP contribution in [0, 0.1) is 0 Å². The Morgan fingerprint density at radius 1 is 1.00 bits per heavy atom. The summed E-state index contributed by atoms with van der Waals surface area (Å²) in [6.45, 7) is 6.08. The molecule has 4 rings (SSSR count). The molecule has 144 valence electrons. The van der Waals surface area contributed by atoms with Crippen LogP contribution in [-0.2, 0) is 13.0 Å². The minimum absolute atomic E-state index is 0.647. The zero-order chi connectivity index (χ0) is 18.5. The van der Waals surface area contributed by atoms with Crippen molar-refractivity contribution < 1.29 is 9.47 Å². The molecule has 0 radical (unpaired) electrons. The predicted molar refractivity (Wildman–Crippen MR) is 106 cm³/mol. The van der Waals surface area contributed by atoms with Crippen molar-refractivity contribution in [3.8, 4) is 11.8 Å². The number of anilines is 1. The van der Waals surface area contributed by atoms with Crippen LogP contribution in [0.1, 0.15) is 30.5 Å². The Hall–Kier alpha value is -2.34. The SMILES string of the molecule is COc1cccc(N2CCc3nc(OCCCN4CCCC4)ccc3C2)n1. The topological polar surface area (TPSA) is 50.7 Å². The third-order valence-electron chi connectivity index (χ3n) is 5.33. The van der Waals surface area contributed by atoms with Crippen LogP contribution in [-0.4, -0.2) is 54.8 Å². The standard InChI is InChI=1S/C21H28N4O2/c1-26-20-7-4-6-19(23-20)25-14-10-18-17(16-25)8-9-21(22-18)27-15-5-13-24-11-2-3-12-24/h4,6-9H,2-3,5,10-16H2,1H3. The molecule has 6 nitrogen and oxygen atoms in total. The maximum Gasteiger partial charge on any atom is 0.214 e. The lowest BCUT2D eigenvalue weighted by Crippen LogP contribution is -2.31. The molecule has 0 bridgehead atoms. The van der Waals surface area contributed by atoms with Crippen LogP contribution in [0.15, 0.2) is 30.3 Å². The van der Waals surface area contributed by atoms with E-state index in [1.165, 1.54) is 31.5 Å². The minimum Gasteiger partial charge on any atom is -0.481 e. The van der Waals surface area contributed by atoms with Gasteiger partial charge < -0.3 is 19.3 Å². The molecule has 0 atom stereocenters.